The van der Waals surface area contributed by atoms with Crippen LogP contribution in [0.25, 0.3) is 22.4 Å². The second-order valence-corrected chi connectivity index (χ2v) is 9.20. The van der Waals surface area contributed by atoms with Crippen LogP contribution in [0, 0.1) is 10.5 Å². The van der Waals surface area contributed by atoms with Gasteiger partial charge in [-0.25, -0.2) is 4.79 Å². The number of halogens is 2. The maximum absolute atomic E-state index is 12.5. The Labute approximate surface area is 183 Å². The lowest BCUT2D eigenvalue weighted by Crippen LogP contribution is -2.27. The Morgan fingerprint density at radius 3 is 2.39 bits per heavy atom. The lowest BCUT2D eigenvalue weighted by atomic mass is 10.00. The van der Waals surface area contributed by atoms with Crippen molar-refractivity contribution in [3.8, 4) is 22.4 Å². The van der Waals surface area contributed by atoms with Gasteiger partial charge in [-0.15, -0.1) is 0 Å². The second-order valence-electron chi connectivity index (χ2n) is 7.52. The zero-order valence-corrected chi connectivity index (χ0v) is 19.1. The summed E-state index contributed by atoms with van der Waals surface area (Å²) in [6.07, 6.45) is -0.482. The van der Waals surface area contributed by atoms with E-state index in [2.05, 4.69) is 39.0 Å². The highest BCUT2D eigenvalue weighted by molar-refractivity contribution is 14.1. The summed E-state index contributed by atoms with van der Waals surface area (Å²) in [5, 5.41) is 3.61. The average Bonchev–Trinajstić information content (AvgIpc) is 2.90. The molecule has 0 spiro atoms. The molecule has 1 heterocycles. The molecule has 4 nitrogen and oxygen atoms in total. The van der Waals surface area contributed by atoms with Crippen molar-refractivity contribution in [1.82, 2.24) is 4.98 Å². The number of hydrogen-bond acceptors (Lipinski definition) is 2. The maximum atomic E-state index is 12.5. The molecule has 1 aromatic heterocycles. The molecule has 0 saturated carbocycles. The molecule has 0 aliphatic carbocycles. The van der Waals surface area contributed by atoms with Gasteiger partial charge in [0, 0.05) is 19.9 Å². The third kappa shape index (κ3) is 4.89. The molecule has 28 heavy (non-hydrogen) atoms. The highest BCUT2D eigenvalue weighted by atomic mass is 127. The van der Waals surface area contributed by atoms with Crippen LogP contribution in [-0.4, -0.2) is 16.7 Å². The van der Waals surface area contributed by atoms with E-state index >= 15 is 0 Å². The number of hydrogen-bond donors (Lipinski definition) is 2. The van der Waals surface area contributed by atoms with Crippen LogP contribution < -0.4 is 5.32 Å². The van der Waals surface area contributed by atoms with Crippen LogP contribution in [0.15, 0.2) is 48.5 Å². The van der Waals surface area contributed by atoms with E-state index in [1.54, 1.807) is 0 Å². The van der Waals surface area contributed by atoms with Crippen molar-refractivity contribution in [2.45, 2.75) is 33.3 Å². The largest absolute Gasteiger partial charge is 0.444 e. The third-order valence-corrected chi connectivity index (χ3v) is 4.98. The predicted molar refractivity (Wildman–Crippen MR) is 124 cm³/mol. The highest BCUT2D eigenvalue weighted by Gasteiger charge is 2.23. The molecule has 0 aliphatic heterocycles. The van der Waals surface area contributed by atoms with E-state index in [0.29, 0.717) is 10.7 Å². The molecule has 3 aromatic rings. The molecule has 146 valence electrons. The number of aromatic nitrogens is 1. The Morgan fingerprint density at radius 1 is 1.11 bits per heavy atom. The molecule has 1 amide bonds. The van der Waals surface area contributed by atoms with Crippen LogP contribution in [0.3, 0.4) is 0 Å². The van der Waals surface area contributed by atoms with Crippen molar-refractivity contribution in [3.63, 3.8) is 0 Å². The molecule has 2 aromatic carbocycles. The van der Waals surface area contributed by atoms with Crippen molar-refractivity contribution < 1.29 is 9.53 Å². The summed E-state index contributed by atoms with van der Waals surface area (Å²) in [6.45, 7) is 7.46. The van der Waals surface area contributed by atoms with Crippen LogP contribution in [-0.2, 0) is 4.74 Å². The smallest absolute Gasteiger partial charge is 0.412 e. The minimum Gasteiger partial charge on any atom is -0.444 e. The first-order valence-corrected chi connectivity index (χ1v) is 10.3. The maximum Gasteiger partial charge on any atom is 0.412 e. The Morgan fingerprint density at radius 2 is 1.79 bits per heavy atom. The SMILES string of the molecule is Cc1[nH]c(-c2ccc(Cl)cc2)c(-c2cccc(I)c2)c1NC(=O)OC(C)(C)C. The number of carbonyl (C=O) groups is 1. The minimum absolute atomic E-state index is 0.482. The normalized spacial score (nSPS) is 11.4. The minimum atomic E-state index is -0.574. The zero-order valence-electron chi connectivity index (χ0n) is 16.2. The number of carbonyl (C=O) groups excluding carboxylic acids is 1. The summed E-state index contributed by atoms with van der Waals surface area (Å²) in [4.78, 5) is 15.9. The first-order valence-electron chi connectivity index (χ1n) is 8.88. The number of aryl methyl sites for hydroxylation is 1. The molecule has 0 bridgehead atoms. The lowest BCUT2D eigenvalue weighted by molar-refractivity contribution is 0.0636. The predicted octanol–water partition coefficient (Wildman–Crippen LogP) is 7.26. The fourth-order valence-corrected chi connectivity index (χ4v) is 3.62. The molecular weight excluding hydrogens is 487 g/mol. The van der Waals surface area contributed by atoms with Crippen LogP contribution in [0.5, 0.6) is 0 Å². The summed E-state index contributed by atoms with van der Waals surface area (Å²) in [7, 11) is 0. The van der Waals surface area contributed by atoms with E-state index in [1.165, 1.54) is 0 Å². The number of nitrogens with one attached hydrogen (secondary N) is 2. The van der Waals surface area contributed by atoms with Gasteiger partial charge in [0.15, 0.2) is 0 Å². The van der Waals surface area contributed by atoms with Crippen LogP contribution in [0.2, 0.25) is 5.02 Å². The molecular formula is C22H22ClIN2O2. The van der Waals surface area contributed by atoms with Gasteiger partial charge in [-0.2, -0.15) is 0 Å². The monoisotopic (exact) mass is 508 g/mol. The van der Waals surface area contributed by atoms with E-state index in [4.69, 9.17) is 16.3 Å². The van der Waals surface area contributed by atoms with Gasteiger partial charge in [-0.3, -0.25) is 5.32 Å². The van der Waals surface area contributed by atoms with E-state index in [0.717, 1.165) is 31.6 Å². The first-order chi connectivity index (χ1) is 13.1. The van der Waals surface area contributed by atoms with Crippen molar-refractivity contribution >= 4 is 46.0 Å². The number of aromatic amines is 1. The fraction of sp³-hybridized carbons (Fsp3) is 0.227. The third-order valence-electron chi connectivity index (χ3n) is 4.06. The number of anilines is 1. The van der Waals surface area contributed by atoms with Crippen LogP contribution in [0.4, 0.5) is 10.5 Å². The summed E-state index contributed by atoms with van der Waals surface area (Å²) >= 11 is 8.34. The van der Waals surface area contributed by atoms with Gasteiger partial charge in [0.1, 0.15) is 5.60 Å². The summed E-state index contributed by atoms with van der Waals surface area (Å²) < 4.78 is 6.57. The van der Waals surface area contributed by atoms with Crippen molar-refractivity contribution in [3.05, 3.63) is 62.8 Å². The molecule has 0 fully saturated rings. The number of benzene rings is 2. The molecule has 0 unspecified atom stereocenters. The van der Waals surface area contributed by atoms with Gasteiger partial charge in [-0.1, -0.05) is 35.9 Å². The topological polar surface area (TPSA) is 54.1 Å². The summed E-state index contributed by atoms with van der Waals surface area (Å²) in [5.74, 6) is 0. The Kier molecular flexibility index (Phi) is 6.05. The number of amides is 1. The number of ether oxygens (including phenoxy) is 1. The van der Waals surface area contributed by atoms with Gasteiger partial charge in [-0.05, 0) is 85.7 Å². The van der Waals surface area contributed by atoms with Gasteiger partial charge in [0.2, 0.25) is 0 Å². The van der Waals surface area contributed by atoms with Gasteiger partial charge in [0.25, 0.3) is 0 Å². The highest BCUT2D eigenvalue weighted by Crippen LogP contribution is 2.41. The van der Waals surface area contributed by atoms with Crippen LogP contribution in [0.1, 0.15) is 26.5 Å². The summed E-state index contributed by atoms with van der Waals surface area (Å²) in [5.41, 5.74) is 4.82. The van der Waals surface area contributed by atoms with Crippen molar-refractivity contribution in [2.75, 3.05) is 5.32 Å². The molecule has 0 aliphatic rings. The van der Waals surface area contributed by atoms with E-state index in [1.807, 2.05) is 70.2 Å². The molecule has 0 atom stereocenters. The van der Waals surface area contributed by atoms with Gasteiger partial charge < -0.3 is 9.72 Å². The molecule has 0 saturated heterocycles. The fourth-order valence-electron chi connectivity index (χ4n) is 2.95. The molecule has 0 radical (unpaired) electrons. The summed E-state index contributed by atoms with van der Waals surface area (Å²) in [6, 6.07) is 15.8. The molecule has 6 heteroatoms. The van der Waals surface area contributed by atoms with E-state index < -0.39 is 11.7 Å². The van der Waals surface area contributed by atoms with Gasteiger partial charge >= 0.3 is 6.09 Å². The second kappa shape index (κ2) is 8.17. The lowest BCUT2D eigenvalue weighted by Gasteiger charge is -2.20. The van der Waals surface area contributed by atoms with E-state index in [-0.39, 0.29) is 0 Å². The Balaban J connectivity index is 2.13. The van der Waals surface area contributed by atoms with Gasteiger partial charge in [0.05, 0.1) is 11.4 Å². The zero-order chi connectivity index (χ0) is 20.5. The standard InChI is InChI=1S/C22H22ClIN2O2/c1-13-19(26-21(27)28-22(2,3)4)18(15-6-5-7-17(24)12-15)20(25-13)14-8-10-16(23)11-9-14/h5-12,25H,1-4H3,(H,26,27). The number of rotatable bonds is 3. The van der Waals surface area contributed by atoms with Crippen molar-refractivity contribution in [2.24, 2.45) is 0 Å². The quantitative estimate of drug-likeness (QED) is 0.366. The van der Waals surface area contributed by atoms with Crippen molar-refractivity contribution in [1.29, 1.82) is 0 Å². The molecule has 2 N–H and O–H groups in total. The Hall–Kier alpha value is -1.99. The molecule has 3 rings (SSSR count). The average molecular weight is 509 g/mol. The van der Waals surface area contributed by atoms with E-state index in [9.17, 15) is 4.79 Å². The first kappa shape index (κ1) is 20.7. The number of H-pyrrole nitrogens is 1. The Bertz CT molecular complexity index is 1000. The van der Waals surface area contributed by atoms with Crippen LogP contribution >= 0.6 is 34.2 Å².